The quantitative estimate of drug-likeness (QED) is 0.686. The Bertz CT molecular complexity index is 577. The van der Waals surface area contributed by atoms with E-state index in [0.717, 1.165) is 24.5 Å². The second-order valence-corrected chi connectivity index (χ2v) is 4.95. The summed E-state index contributed by atoms with van der Waals surface area (Å²) in [5, 5.41) is 3.52. The molecule has 3 rings (SSSR count). The Kier molecular flexibility index (Phi) is 3.41. The van der Waals surface area contributed by atoms with Crippen molar-refractivity contribution in [2.75, 3.05) is 11.9 Å². The maximum Gasteiger partial charge on any atom is 0.133 e. The molecule has 0 radical (unpaired) electrons. The third-order valence-corrected chi connectivity index (χ3v) is 3.54. The molecule has 0 aromatic heterocycles. The molecule has 2 aromatic carbocycles. The molecule has 0 amide bonds. The summed E-state index contributed by atoms with van der Waals surface area (Å²) in [6.07, 6.45) is 3.35. The number of hydrogen-bond acceptors (Lipinski definition) is 2. The van der Waals surface area contributed by atoms with Crippen molar-refractivity contribution in [3.05, 3.63) is 53.6 Å². The fraction of sp³-hybridized carbons (Fsp3) is 0.294. The molecule has 1 aliphatic rings. The van der Waals surface area contributed by atoms with Gasteiger partial charge in [0.05, 0.1) is 0 Å². The van der Waals surface area contributed by atoms with Crippen molar-refractivity contribution in [2.24, 2.45) is 0 Å². The Morgan fingerprint density at radius 3 is 2.79 bits per heavy atom. The lowest BCUT2D eigenvalue weighted by atomic mass is 9.99. The predicted octanol–water partition coefficient (Wildman–Crippen LogP) is 4.60. The molecule has 0 saturated heterocycles. The van der Waals surface area contributed by atoms with Crippen LogP contribution in [0.4, 0.5) is 5.69 Å². The highest BCUT2D eigenvalue weighted by atomic mass is 16.5. The number of ether oxygens (including phenoxy) is 1. The normalized spacial score (nSPS) is 12.3. The lowest BCUT2D eigenvalue weighted by molar-refractivity contribution is 0.460. The molecule has 0 bridgehead atoms. The van der Waals surface area contributed by atoms with E-state index in [0.29, 0.717) is 0 Å². The number of rotatable bonds is 4. The highest BCUT2D eigenvalue weighted by Crippen LogP contribution is 2.39. The van der Waals surface area contributed by atoms with Crippen LogP contribution in [-0.4, -0.2) is 6.54 Å². The molecule has 0 spiro atoms. The summed E-state index contributed by atoms with van der Waals surface area (Å²) in [5.74, 6) is 1.97. The number of hydrogen-bond donors (Lipinski definition) is 1. The van der Waals surface area contributed by atoms with Crippen LogP contribution in [0.25, 0.3) is 0 Å². The predicted molar refractivity (Wildman–Crippen MR) is 79.2 cm³/mol. The smallest absolute Gasteiger partial charge is 0.133 e. The molecule has 19 heavy (non-hydrogen) atoms. The van der Waals surface area contributed by atoms with E-state index in [2.05, 4.69) is 42.6 Å². The number of para-hydroxylation sites is 1. The summed E-state index contributed by atoms with van der Waals surface area (Å²) in [4.78, 5) is 0. The number of fused-ring (bicyclic) bond motifs is 2. The standard InChI is InChI=1S/C17H19NO/c1-2-3-11-18-15-8-6-10-17-14(15)12-13-7-4-5-9-16(13)19-17/h4-10,18H,2-3,11-12H2,1H3. The fourth-order valence-corrected chi connectivity index (χ4v) is 2.47. The van der Waals surface area contributed by atoms with Gasteiger partial charge in [0.15, 0.2) is 0 Å². The average molecular weight is 253 g/mol. The van der Waals surface area contributed by atoms with E-state index >= 15 is 0 Å². The Morgan fingerprint density at radius 1 is 1.05 bits per heavy atom. The van der Waals surface area contributed by atoms with Crippen LogP contribution in [0.1, 0.15) is 30.9 Å². The third kappa shape index (κ3) is 2.43. The molecule has 0 fully saturated rings. The van der Waals surface area contributed by atoms with E-state index in [-0.39, 0.29) is 0 Å². The van der Waals surface area contributed by atoms with Crippen LogP contribution in [-0.2, 0) is 6.42 Å². The van der Waals surface area contributed by atoms with Gasteiger partial charge in [0.25, 0.3) is 0 Å². The van der Waals surface area contributed by atoms with E-state index in [4.69, 9.17) is 4.74 Å². The number of benzene rings is 2. The van der Waals surface area contributed by atoms with Gasteiger partial charge in [-0.3, -0.25) is 0 Å². The minimum absolute atomic E-state index is 0.945. The van der Waals surface area contributed by atoms with Crippen molar-refractivity contribution >= 4 is 5.69 Å². The Balaban J connectivity index is 1.88. The zero-order valence-corrected chi connectivity index (χ0v) is 11.3. The summed E-state index contributed by atoms with van der Waals surface area (Å²) in [5.41, 5.74) is 3.75. The highest BCUT2D eigenvalue weighted by Gasteiger charge is 2.18. The van der Waals surface area contributed by atoms with Crippen molar-refractivity contribution in [1.82, 2.24) is 0 Å². The molecule has 0 saturated carbocycles. The first-order valence-electron chi connectivity index (χ1n) is 7.00. The van der Waals surface area contributed by atoms with Gasteiger partial charge in [0, 0.05) is 24.2 Å². The lowest BCUT2D eigenvalue weighted by Crippen LogP contribution is -2.08. The summed E-state index contributed by atoms with van der Waals surface area (Å²) in [6.45, 7) is 3.23. The molecular formula is C17H19NO. The SMILES string of the molecule is CCCCNc1cccc2c1Cc1ccccc1O2. The minimum atomic E-state index is 0.945. The van der Waals surface area contributed by atoms with Gasteiger partial charge in [-0.15, -0.1) is 0 Å². The first-order chi connectivity index (χ1) is 9.38. The van der Waals surface area contributed by atoms with Crippen LogP contribution in [0.15, 0.2) is 42.5 Å². The first-order valence-corrected chi connectivity index (χ1v) is 7.00. The number of nitrogens with one attached hydrogen (secondary N) is 1. The van der Waals surface area contributed by atoms with Gasteiger partial charge >= 0.3 is 0 Å². The summed E-state index contributed by atoms with van der Waals surface area (Å²) < 4.78 is 5.98. The second kappa shape index (κ2) is 5.35. The average Bonchev–Trinajstić information content (AvgIpc) is 2.46. The largest absolute Gasteiger partial charge is 0.457 e. The van der Waals surface area contributed by atoms with Crippen molar-refractivity contribution in [3.8, 4) is 11.5 Å². The molecule has 1 N–H and O–H groups in total. The van der Waals surface area contributed by atoms with Gasteiger partial charge in [-0.2, -0.15) is 0 Å². The van der Waals surface area contributed by atoms with Gasteiger partial charge < -0.3 is 10.1 Å². The molecule has 0 unspecified atom stereocenters. The Labute approximate surface area is 114 Å². The van der Waals surface area contributed by atoms with Crippen molar-refractivity contribution in [1.29, 1.82) is 0 Å². The van der Waals surface area contributed by atoms with Gasteiger partial charge in [-0.05, 0) is 30.2 Å². The molecule has 0 atom stereocenters. The zero-order valence-electron chi connectivity index (χ0n) is 11.3. The summed E-state index contributed by atoms with van der Waals surface area (Å²) in [6, 6.07) is 14.5. The van der Waals surface area contributed by atoms with Gasteiger partial charge in [-0.25, -0.2) is 0 Å². The summed E-state index contributed by atoms with van der Waals surface area (Å²) >= 11 is 0. The fourth-order valence-electron chi connectivity index (χ4n) is 2.47. The molecule has 2 aromatic rings. The van der Waals surface area contributed by atoms with Gasteiger partial charge in [-0.1, -0.05) is 37.6 Å². The van der Waals surface area contributed by atoms with Crippen molar-refractivity contribution < 1.29 is 4.74 Å². The zero-order chi connectivity index (χ0) is 13.1. The van der Waals surface area contributed by atoms with Crippen LogP contribution < -0.4 is 10.1 Å². The molecule has 1 heterocycles. The van der Waals surface area contributed by atoms with Crippen molar-refractivity contribution in [2.45, 2.75) is 26.2 Å². The molecule has 0 aliphatic carbocycles. The molecule has 98 valence electrons. The topological polar surface area (TPSA) is 21.3 Å². The summed E-state index contributed by atoms with van der Waals surface area (Å²) in [7, 11) is 0. The van der Waals surface area contributed by atoms with Crippen molar-refractivity contribution in [3.63, 3.8) is 0 Å². The van der Waals surface area contributed by atoms with E-state index in [1.807, 2.05) is 12.1 Å². The Hall–Kier alpha value is -1.96. The van der Waals surface area contributed by atoms with E-state index in [1.54, 1.807) is 0 Å². The third-order valence-electron chi connectivity index (χ3n) is 3.54. The van der Waals surface area contributed by atoms with Crippen LogP contribution >= 0.6 is 0 Å². The molecule has 2 heteroatoms. The number of anilines is 1. The van der Waals surface area contributed by atoms with E-state index in [1.165, 1.54) is 29.7 Å². The van der Waals surface area contributed by atoms with Gasteiger partial charge in [0.2, 0.25) is 0 Å². The lowest BCUT2D eigenvalue weighted by Gasteiger charge is -2.23. The Morgan fingerprint density at radius 2 is 1.89 bits per heavy atom. The molecule has 1 aliphatic heterocycles. The van der Waals surface area contributed by atoms with E-state index in [9.17, 15) is 0 Å². The molecule has 2 nitrogen and oxygen atoms in total. The number of unbranched alkanes of at least 4 members (excludes halogenated alkanes) is 1. The van der Waals surface area contributed by atoms with Crippen LogP contribution in [0.3, 0.4) is 0 Å². The highest BCUT2D eigenvalue weighted by molar-refractivity contribution is 5.62. The van der Waals surface area contributed by atoms with Crippen LogP contribution in [0, 0.1) is 0 Å². The maximum absolute atomic E-state index is 5.98. The molecular weight excluding hydrogens is 234 g/mol. The van der Waals surface area contributed by atoms with Gasteiger partial charge in [0.1, 0.15) is 11.5 Å². The van der Waals surface area contributed by atoms with Crippen LogP contribution in [0.5, 0.6) is 11.5 Å². The first kappa shape index (κ1) is 12.1. The monoisotopic (exact) mass is 253 g/mol. The maximum atomic E-state index is 5.98. The van der Waals surface area contributed by atoms with E-state index < -0.39 is 0 Å². The second-order valence-electron chi connectivity index (χ2n) is 4.95. The minimum Gasteiger partial charge on any atom is -0.457 e. The van der Waals surface area contributed by atoms with Crippen LogP contribution in [0.2, 0.25) is 0 Å².